The number of carbonyl (C=O) groups is 1. The van der Waals surface area contributed by atoms with Gasteiger partial charge in [0.05, 0.1) is 6.61 Å². The second-order valence-electron chi connectivity index (χ2n) is 7.03. The fourth-order valence-electron chi connectivity index (χ4n) is 2.88. The molecule has 0 N–H and O–H groups in total. The van der Waals surface area contributed by atoms with Crippen LogP contribution in [0.15, 0.2) is 78.9 Å². The van der Waals surface area contributed by atoms with Crippen LogP contribution in [0, 0.1) is 0 Å². The summed E-state index contributed by atoms with van der Waals surface area (Å²) in [6.45, 7) is 2.67. The van der Waals surface area contributed by atoms with Gasteiger partial charge < -0.3 is 18.9 Å². The van der Waals surface area contributed by atoms with Crippen molar-refractivity contribution < 1.29 is 23.7 Å². The zero-order valence-corrected chi connectivity index (χ0v) is 17.8. The molecule has 0 saturated heterocycles. The average molecular weight is 421 g/mol. The highest BCUT2D eigenvalue weighted by Gasteiger charge is 2.08. The monoisotopic (exact) mass is 420 g/mol. The highest BCUT2D eigenvalue weighted by molar-refractivity contribution is 5.74. The Morgan fingerprint density at radius 3 is 2.06 bits per heavy atom. The smallest absolute Gasteiger partial charge is 0.349 e. The molecular formula is C26H28O5. The molecule has 162 valence electrons. The first-order valence-electron chi connectivity index (χ1n) is 10.6. The number of hydrogen-bond donors (Lipinski definition) is 0. The lowest BCUT2D eigenvalue weighted by atomic mass is 10.2. The fourth-order valence-corrected chi connectivity index (χ4v) is 2.88. The Kier molecular flexibility index (Phi) is 8.80. The third kappa shape index (κ3) is 8.05. The van der Waals surface area contributed by atoms with E-state index in [1.807, 2.05) is 42.5 Å². The van der Waals surface area contributed by atoms with Crippen LogP contribution in [-0.4, -0.2) is 19.2 Å². The van der Waals surface area contributed by atoms with Gasteiger partial charge in [0.25, 0.3) is 0 Å². The van der Waals surface area contributed by atoms with Crippen molar-refractivity contribution >= 4 is 5.97 Å². The summed E-state index contributed by atoms with van der Waals surface area (Å²) in [4.78, 5) is 12.1. The van der Waals surface area contributed by atoms with E-state index in [-0.39, 0.29) is 6.61 Å². The van der Waals surface area contributed by atoms with Gasteiger partial charge in [0.15, 0.2) is 6.61 Å². The van der Waals surface area contributed by atoms with Gasteiger partial charge in [-0.05, 0) is 55.0 Å². The molecule has 31 heavy (non-hydrogen) atoms. The van der Waals surface area contributed by atoms with Gasteiger partial charge in [-0.3, -0.25) is 0 Å². The van der Waals surface area contributed by atoms with Crippen LogP contribution in [0.5, 0.6) is 28.7 Å². The maximum absolute atomic E-state index is 12.1. The Balaban J connectivity index is 1.42. The predicted molar refractivity (Wildman–Crippen MR) is 120 cm³/mol. The van der Waals surface area contributed by atoms with E-state index in [2.05, 4.69) is 6.92 Å². The minimum Gasteiger partial charge on any atom is -0.493 e. The van der Waals surface area contributed by atoms with Crippen LogP contribution in [-0.2, 0) is 4.79 Å². The molecular weight excluding hydrogens is 392 g/mol. The number of carbonyl (C=O) groups excluding carboxylic acids is 1. The summed E-state index contributed by atoms with van der Waals surface area (Å²) < 4.78 is 22.3. The first-order chi connectivity index (χ1) is 15.2. The van der Waals surface area contributed by atoms with Crippen molar-refractivity contribution in [3.05, 3.63) is 78.9 Å². The third-order valence-electron chi connectivity index (χ3n) is 4.46. The number of para-hydroxylation sites is 1. The Bertz CT molecular complexity index is 922. The molecule has 0 aliphatic rings. The second kappa shape index (κ2) is 12.3. The minimum atomic E-state index is -0.484. The number of hydrogen-bond acceptors (Lipinski definition) is 5. The maximum atomic E-state index is 12.1. The van der Waals surface area contributed by atoms with E-state index in [4.69, 9.17) is 18.9 Å². The molecule has 0 heterocycles. The molecule has 0 aliphatic carbocycles. The van der Waals surface area contributed by atoms with Gasteiger partial charge in [-0.2, -0.15) is 0 Å². The molecule has 0 aliphatic heterocycles. The van der Waals surface area contributed by atoms with E-state index in [1.165, 1.54) is 12.8 Å². The summed E-state index contributed by atoms with van der Waals surface area (Å²) >= 11 is 0. The van der Waals surface area contributed by atoms with Crippen molar-refractivity contribution in [1.29, 1.82) is 0 Å². The summed E-state index contributed by atoms with van der Waals surface area (Å²) in [5, 5.41) is 0. The van der Waals surface area contributed by atoms with Gasteiger partial charge in [-0.1, -0.05) is 50.5 Å². The summed E-state index contributed by atoms with van der Waals surface area (Å²) in [5.41, 5.74) is 0. The molecule has 3 aromatic rings. The highest BCUT2D eigenvalue weighted by atomic mass is 16.6. The molecule has 0 amide bonds. The molecule has 0 fully saturated rings. The first kappa shape index (κ1) is 22.2. The molecule has 0 atom stereocenters. The normalized spacial score (nSPS) is 10.4. The lowest BCUT2D eigenvalue weighted by Gasteiger charge is -2.10. The minimum absolute atomic E-state index is 0.192. The largest absolute Gasteiger partial charge is 0.493 e. The van der Waals surface area contributed by atoms with E-state index >= 15 is 0 Å². The molecule has 5 heteroatoms. The zero-order chi connectivity index (χ0) is 21.7. The Morgan fingerprint density at radius 1 is 0.677 bits per heavy atom. The highest BCUT2D eigenvalue weighted by Crippen LogP contribution is 2.24. The van der Waals surface area contributed by atoms with Gasteiger partial charge in [-0.15, -0.1) is 0 Å². The van der Waals surface area contributed by atoms with Crippen LogP contribution in [0.1, 0.15) is 32.6 Å². The van der Waals surface area contributed by atoms with Gasteiger partial charge in [0, 0.05) is 6.07 Å². The molecule has 0 saturated carbocycles. The summed E-state index contributed by atoms with van der Waals surface area (Å²) in [5.74, 6) is 2.65. The topological polar surface area (TPSA) is 54.0 Å². The van der Waals surface area contributed by atoms with Gasteiger partial charge in [-0.25, -0.2) is 4.79 Å². The molecule has 0 aromatic heterocycles. The molecule has 5 nitrogen and oxygen atoms in total. The van der Waals surface area contributed by atoms with E-state index in [0.29, 0.717) is 23.9 Å². The van der Waals surface area contributed by atoms with Crippen molar-refractivity contribution in [3.63, 3.8) is 0 Å². The van der Waals surface area contributed by atoms with Crippen molar-refractivity contribution in [2.75, 3.05) is 13.2 Å². The van der Waals surface area contributed by atoms with Crippen LogP contribution in [0.2, 0.25) is 0 Å². The van der Waals surface area contributed by atoms with Crippen LogP contribution >= 0.6 is 0 Å². The van der Waals surface area contributed by atoms with Crippen LogP contribution in [0.3, 0.4) is 0 Å². The Labute approximate surface area is 183 Å². The van der Waals surface area contributed by atoms with Crippen molar-refractivity contribution in [1.82, 2.24) is 0 Å². The summed E-state index contributed by atoms with van der Waals surface area (Å²) in [7, 11) is 0. The third-order valence-corrected chi connectivity index (χ3v) is 4.46. The van der Waals surface area contributed by atoms with Gasteiger partial charge in [0.2, 0.25) is 0 Å². The van der Waals surface area contributed by atoms with Gasteiger partial charge in [0.1, 0.15) is 28.7 Å². The number of esters is 1. The van der Waals surface area contributed by atoms with Gasteiger partial charge >= 0.3 is 5.97 Å². The molecule has 3 rings (SSSR count). The predicted octanol–water partition coefficient (Wildman–Crippen LogP) is 6.42. The Morgan fingerprint density at radius 2 is 1.32 bits per heavy atom. The van der Waals surface area contributed by atoms with Crippen LogP contribution < -0.4 is 18.9 Å². The SMILES string of the molecule is CCCCCCOc1cccc(OCC(=O)Oc2ccc(Oc3ccccc3)cc2)c1. The van der Waals surface area contributed by atoms with E-state index in [9.17, 15) is 4.79 Å². The van der Waals surface area contributed by atoms with Crippen molar-refractivity contribution in [3.8, 4) is 28.7 Å². The lowest BCUT2D eigenvalue weighted by molar-refractivity contribution is -0.136. The second-order valence-corrected chi connectivity index (χ2v) is 7.03. The van der Waals surface area contributed by atoms with Crippen LogP contribution in [0.25, 0.3) is 0 Å². The summed E-state index contributed by atoms with van der Waals surface area (Å²) in [6, 6.07) is 23.6. The molecule has 0 spiro atoms. The number of ether oxygens (including phenoxy) is 4. The standard InChI is InChI=1S/C26H28O5/c1-2-3-4-8-18-28-24-12-9-13-25(19-24)29-20-26(27)31-23-16-14-22(15-17-23)30-21-10-6-5-7-11-21/h5-7,9-17,19H,2-4,8,18,20H2,1H3. The lowest BCUT2D eigenvalue weighted by Crippen LogP contribution is -2.17. The maximum Gasteiger partial charge on any atom is 0.349 e. The molecule has 0 unspecified atom stereocenters. The van der Waals surface area contributed by atoms with Crippen molar-refractivity contribution in [2.24, 2.45) is 0 Å². The number of benzene rings is 3. The zero-order valence-electron chi connectivity index (χ0n) is 17.8. The molecule has 0 radical (unpaired) electrons. The summed E-state index contributed by atoms with van der Waals surface area (Å²) in [6.07, 6.45) is 4.61. The van der Waals surface area contributed by atoms with E-state index in [0.717, 1.165) is 24.3 Å². The Hall–Kier alpha value is -3.47. The quantitative estimate of drug-likeness (QED) is 0.192. The van der Waals surface area contributed by atoms with Crippen LogP contribution in [0.4, 0.5) is 0 Å². The fraction of sp³-hybridized carbons (Fsp3) is 0.269. The van der Waals surface area contributed by atoms with Crippen molar-refractivity contribution in [2.45, 2.75) is 32.6 Å². The number of unbranched alkanes of at least 4 members (excludes halogenated alkanes) is 3. The first-order valence-corrected chi connectivity index (χ1v) is 10.6. The average Bonchev–Trinajstić information content (AvgIpc) is 2.80. The number of rotatable bonds is 12. The molecule has 0 bridgehead atoms. The molecule has 3 aromatic carbocycles. The van der Waals surface area contributed by atoms with E-state index in [1.54, 1.807) is 36.4 Å². The van der Waals surface area contributed by atoms with E-state index < -0.39 is 5.97 Å².